The summed E-state index contributed by atoms with van der Waals surface area (Å²) in [6, 6.07) is 12.9. The molecule has 2 fully saturated rings. The summed E-state index contributed by atoms with van der Waals surface area (Å²) >= 11 is 0. The second-order valence-corrected chi connectivity index (χ2v) is 9.14. The maximum absolute atomic E-state index is 13.2. The summed E-state index contributed by atoms with van der Waals surface area (Å²) < 4.78 is 5.65. The number of para-hydroxylation sites is 1. The first-order valence-corrected chi connectivity index (χ1v) is 11.9. The van der Waals surface area contributed by atoms with Gasteiger partial charge in [0.2, 0.25) is 0 Å². The number of carbonyl (C=O) groups excluding carboxylic acids is 2. The van der Waals surface area contributed by atoms with Gasteiger partial charge in [-0.25, -0.2) is 4.79 Å². The number of nitrogens with one attached hydrogen (secondary N) is 3. The van der Waals surface area contributed by atoms with Crippen LogP contribution in [0.15, 0.2) is 42.5 Å². The Morgan fingerprint density at radius 2 is 1.85 bits per heavy atom. The van der Waals surface area contributed by atoms with E-state index in [0.717, 1.165) is 62.3 Å². The highest BCUT2D eigenvalue weighted by Gasteiger charge is 2.23. The fraction of sp³-hybridized carbons (Fsp3) is 0.462. The third-order valence-electron chi connectivity index (χ3n) is 6.53. The molecule has 1 atom stereocenters. The van der Waals surface area contributed by atoms with Crippen LogP contribution in [0.25, 0.3) is 0 Å². The predicted octanol–water partition coefficient (Wildman–Crippen LogP) is 4.78. The molecule has 0 saturated carbocycles. The lowest BCUT2D eigenvalue weighted by Crippen LogP contribution is -2.36. The van der Waals surface area contributed by atoms with Gasteiger partial charge in [-0.15, -0.1) is 0 Å². The Labute approximate surface area is 195 Å². The Kier molecular flexibility index (Phi) is 7.50. The van der Waals surface area contributed by atoms with Gasteiger partial charge in [-0.05, 0) is 68.4 Å². The molecule has 2 aromatic rings. The van der Waals surface area contributed by atoms with Crippen LogP contribution < -0.4 is 20.9 Å². The Morgan fingerprint density at radius 3 is 2.58 bits per heavy atom. The number of benzene rings is 2. The predicted molar refractivity (Wildman–Crippen MR) is 132 cm³/mol. The molecule has 4 rings (SSSR count). The van der Waals surface area contributed by atoms with Crippen LogP contribution in [0, 0.1) is 12.8 Å². The lowest BCUT2D eigenvalue weighted by atomic mass is 9.97. The standard InChI is InChI=1S/C26H34N4O3/c1-18-11-13-30(14-12-18)24-10-9-20(28-26(32)29-23-8-4-3-6-19(23)2)16-22(24)25(31)27-17-21-7-5-15-33-21/h3-4,6,8-10,16,18,21H,5,7,11-15,17H2,1-2H3,(H,27,31)(H2,28,29,32). The molecule has 2 saturated heterocycles. The summed E-state index contributed by atoms with van der Waals surface area (Å²) in [5.74, 6) is 0.561. The van der Waals surface area contributed by atoms with Gasteiger partial charge in [0.25, 0.3) is 5.91 Å². The highest BCUT2D eigenvalue weighted by molar-refractivity contribution is 6.04. The van der Waals surface area contributed by atoms with Crippen molar-refractivity contribution in [2.24, 2.45) is 5.92 Å². The minimum Gasteiger partial charge on any atom is -0.376 e. The first-order valence-electron chi connectivity index (χ1n) is 11.9. The Hall–Kier alpha value is -3.06. The van der Waals surface area contributed by atoms with Gasteiger partial charge in [0, 0.05) is 43.3 Å². The van der Waals surface area contributed by atoms with E-state index in [0.29, 0.717) is 23.7 Å². The molecule has 0 bridgehead atoms. The lowest BCUT2D eigenvalue weighted by molar-refractivity contribution is 0.0858. The molecule has 1 unspecified atom stereocenters. The zero-order valence-electron chi connectivity index (χ0n) is 19.5. The van der Waals surface area contributed by atoms with Gasteiger partial charge >= 0.3 is 6.03 Å². The van der Waals surface area contributed by atoms with E-state index < -0.39 is 0 Å². The molecule has 2 aromatic carbocycles. The van der Waals surface area contributed by atoms with Gasteiger partial charge in [-0.2, -0.15) is 0 Å². The zero-order valence-corrected chi connectivity index (χ0v) is 19.5. The van der Waals surface area contributed by atoms with Gasteiger partial charge in [0.05, 0.1) is 11.7 Å². The smallest absolute Gasteiger partial charge is 0.323 e. The average Bonchev–Trinajstić information content (AvgIpc) is 3.33. The van der Waals surface area contributed by atoms with Crippen LogP contribution in [0.3, 0.4) is 0 Å². The maximum Gasteiger partial charge on any atom is 0.323 e. The largest absolute Gasteiger partial charge is 0.376 e. The molecule has 0 radical (unpaired) electrons. The van der Waals surface area contributed by atoms with Crippen LogP contribution in [-0.2, 0) is 4.74 Å². The van der Waals surface area contributed by atoms with Crippen molar-refractivity contribution in [3.8, 4) is 0 Å². The topological polar surface area (TPSA) is 82.7 Å². The van der Waals surface area contributed by atoms with E-state index in [2.05, 4.69) is 27.8 Å². The number of piperidine rings is 1. The first kappa shape index (κ1) is 23.1. The quantitative estimate of drug-likeness (QED) is 0.591. The van der Waals surface area contributed by atoms with Crippen LogP contribution in [0.5, 0.6) is 0 Å². The zero-order chi connectivity index (χ0) is 23.2. The average molecular weight is 451 g/mol. The normalized spacial score (nSPS) is 18.7. The third-order valence-corrected chi connectivity index (χ3v) is 6.53. The van der Waals surface area contributed by atoms with Crippen molar-refractivity contribution in [1.29, 1.82) is 0 Å². The van der Waals surface area contributed by atoms with Crippen LogP contribution >= 0.6 is 0 Å². The summed E-state index contributed by atoms with van der Waals surface area (Å²) in [6.45, 7) is 7.32. The Balaban J connectivity index is 1.50. The van der Waals surface area contributed by atoms with Crippen molar-refractivity contribution in [2.75, 3.05) is 41.8 Å². The van der Waals surface area contributed by atoms with Gasteiger partial charge in [-0.1, -0.05) is 25.1 Å². The second kappa shape index (κ2) is 10.7. The van der Waals surface area contributed by atoms with Crippen molar-refractivity contribution >= 4 is 29.0 Å². The van der Waals surface area contributed by atoms with Gasteiger partial charge < -0.3 is 25.6 Å². The van der Waals surface area contributed by atoms with Gasteiger partial charge in [0.1, 0.15) is 0 Å². The molecular weight excluding hydrogens is 416 g/mol. The fourth-order valence-corrected chi connectivity index (χ4v) is 4.43. The minimum atomic E-state index is -0.338. The maximum atomic E-state index is 13.2. The number of amides is 3. The van der Waals surface area contributed by atoms with E-state index in [1.807, 2.05) is 43.3 Å². The molecule has 3 amide bonds. The molecule has 2 aliphatic heterocycles. The summed E-state index contributed by atoms with van der Waals surface area (Å²) in [5.41, 5.74) is 3.81. The highest BCUT2D eigenvalue weighted by Crippen LogP contribution is 2.29. The molecule has 0 spiro atoms. The molecule has 176 valence electrons. The molecule has 3 N–H and O–H groups in total. The number of nitrogens with zero attached hydrogens (tertiary/aromatic N) is 1. The number of ether oxygens (including phenoxy) is 1. The molecule has 33 heavy (non-hydrogen) atoms. The van der Waals surface area contributed by atoms with Crippen LogP contribution in [0.2, 0.25) is 0 Å². The van der Waals surface area contributed by atoms with Gasteiger partial charge in [-0.3, -0.25) is 4.79 Å². The number of hydrogen-bond acceptors (Lipinski definition) is 4. The van der Waals surface area contributed by atoms with Crippen LogP contribution in [0.4, 0.5) is 21.9 Å². The first-order chi connectivity index (χ1) is 16.0. The highest BCUT2D eigenvalue weighted by atomic mass is 16.5. The van der Waals surface area contributed by atoms with E-state index in [4.69, 9.17) is 4.74 Å². The van der Waals surface area contributed by atoms with Crippen molar-refractivity contribution in [3.05, 3.63) is 53.6 Å². The number of hydrogen-bond donors (Lipinski definition) is 3. The fourth-order valence-electron chi connectivity index (χ4n) is 4.43. The van der Waals surface area contributed by atoms with Crippen LogP contribution in [0.1, 0.15) is 48.5 Å². The van der Waals surface area contributed by atoms with E-state index in [-0.39, 0.29) is 18.0 Å². The lowest BCUT2D eigenvalue weighted by Gasteiger charge is -2.33. The minimum absolute atomic E-state index is 0.0782. The third kappa shape index (κ3) is 6.05. The molecule has 0 aliphatic carbocycles. The van der Waals surface area contributed by atoms with E-state index in [9.17, 15) is 9.59 Å². The molecular formula is C26H34N4O3. The number of aryl methyl sites for hydroxylation is 1. The summed E-state index contributed by atoms with van der Waals surface area (Å²) in [4.78, 5) is 28.0. The van der Waals surface area contributed by atoms with Crippen molar-refractivity contribution in [2.45, 2.75) is 45.6 Å². The number of rotatable bonds is 6. The Bertz CT molecular complexity index is 979. The molecule has 2 aliphatic rings. The van der Waals surface area contributed by atoms with Crippen molar-refractivity contribution < 1.29 is 14.3 Å². The van der Waals surface area contributed by atoms with E-state index in [1.54, 1.807) is 6.07 Å². The van der Waals surface area contributed by atoms with Gasteiger partial charge in [0.15, 0.2) is 0 Å². The summed E-state index contributed by atoms with van der Waals surface area (Å²) in [5, 5.41) is 8.79. The number of anilines is 3. The summed E-state index contributed by atoms with van der Waals surface area (Å²) in [6.07, 6.45) is 4.30. The number of carbonyl (C=O) groups is 2. The van der Waals surface area contributed by atoms with Crippen LogP contribution in [-0.4, -0.2) is 44.3 Å². The monoisotopic (exact) mass is 450 g/mol. The molecule has 7 heteroatoms. The Morgan fingerprint density at radius 1 is 1.06 bits per heavy atom. The van der Waals surface area contributed by atoms with E-state index >= 15 is 0 Å². The molecule has 2 heterocycles. The second-order valence-electron chi connectivity index (χ2n) is 9.14. The molecule has 7 nitrogen and oxygen atoms in total. The number of urea groups is 1. The summed E-state index contributed by atoms with van der Waals surface area (Å²) in [7, 11) is 0. The molecule has 0 aromatic heterocycles. The SMILES string of the molecule is Cc1ccccc1NC(=O)Nc1ccc(N2CCC(C)CC2)c(C(=O)NCC2CCCO2)c1. The van der Waals surface area contributed by atoms with Crippen molar-refractivity contribution in [3.63, 3.8) is 0 Å². The van der Waals surface area contributed by atoms with E-state index in [1.165, 1.54) is 0 Å². The van der Waals surface area contributed by atoms with Crippen molar-refractivity contribution in [1.82, 2.24) is 5.32 Å².